The van der Waals surface area contributed by atoms with Crippen molar-refractivity contribution in [2.45, 2.75) is 12.5 Å². The van der Waals surface area contributed by atoms with Crippen LogP contribution in [0.2, 0.25) is 5.02 Å². The molecule has 1 unspecified atom stereocenters. The molecular formula is C15H14ClIN2O2. The van der Waals surface area contributed by atoms with Gasteiger partial charge in [0.15, 0.2) is 0 Å². The molecule has 0 aliphatic rings. The maximum atomic E-state index is 12.1. The number of anilines is 1. The lowest BCUT2D eigenvalue weighted by molar-refractivity contribution is -0.117. The van der Waals surface area contributed by atoms with Crippen LogP contribution in [0, 0.1) is 3.57 Å². The highest BCUT2D eigenvalue weighted by Gasteiger charge is 2.15. The Kier molecular flexibility index (Phi) is 5.44. The van der Waals surface area contributed by atoms with E-state index in [1.165, 1.54) is 0 Å². The molecule has 110 valence electrons. The number of nitrogens with two attached hydrogens (primary N) is 1. The van der Waals surface area contributed by atoms with Crippen molar-refractivity contribution in [3.63, 3.8) is 0 Å². The summed E-state index contributed by atoms with van der Waals surface area (Å²) in [6.45, 7) is 0. The Hall–Kier alpha value is -1.31. The molecule has 0 fully saturated rings. The van der Waals surface area contributed by atoms with E-state index >= 15 is 0 Å². The molecule has 0 spiro atoms. The van der Waals surface area contributed by atoms with Gasteiger partial charge in [0.05, 0.1) is 16.8 Å². The summed E-state index contributed by atoms with van der Waals surface area (Å²) in [5, 5.41) is 12.4. The van der Waals surface area contributed by atoms with Gasteiger partial charge in [-0.25, -0.2) is 0 Å². The molecule has 0 radical (unpaired) electrons. The second-order valence-corrected chi connectivity index (χ2v) is 6.24. The monoisotopic (exact) mass is 416 g/mol. The van der Waals surface area contributed by atoms with Crippen LogP contribution in [0.25, 0.3) is 0 Å². The van der Waals surface area contributed by atoms with E-state index in [-0.39, 0.29) is 11.7 Å². The van der Waals surface area contributed by atoms with Gasteiger partial charge in [-0.3, -0.25) is 4.79 Å². The van der Waals surface area contributed by atoms with E-state index < -0.39 is 6.04 Å². The van der Waals surface area contributed by atoms with Crippen LogP contribution < -0.4 is 11.1 Å². The molecule has 0 saturated carbocycles. The van der Waals surface area contributed by atoms with Gasteiger partial charge in [-0.15, -0.1) is 0 Å². The molecule has 6 heteroatoms. The number of benzene rings is 2. The number of nitrogens with one attached hydrogen (secondary N) is 1. The minimum absolute atomic E-state index is 0.183. The zero-order chi connectivity index (χ0) is 15.4. The highest BCUT2D eigenvalue weighted by Crippen LogP contribution is 2.24. The van der Waals surface area contributed by atoms with E-state index in [1.54, 1.807) is 36.4 Å². The second kappa shape index (κ2) is 7.11. The van der Waals surface area contributed by atoms with Crippen LogP contribution in [0.15, 0.2) is 42.5 Å². The van der Waals surface area contributed by atoms with Crippen LogP contribution in [-0.4, -0.2) is 17.1 Å². The van der Waals surface area contributed by atoms with Gasteiger partial charge in [0.1, 0.15) is 5.75 Å². The molecule has 0 saturated heterocycles. The number of halogens is 2. The van der Waals surface area contributed by atoms with Crippen molar-refractivity contribution in [1.82, 2.24) is 0 Å². The standard InChI is InChI=1S/C15H14ClIN2O2/c16-12-8-10(17)3-6-14(12)19-15(21)13(18)7-9-1-4-11(20)5-2-9/h1-6,8,13,20H,7,18H2,(H,19,21). The minimum Gasteiger partial charge on any atom is -0.508 e. The zero-order valence-electron chi connectivity index (χ0n) is 11.0. The molecule has 0 aromatic heterocycles. The summed E-state index contributed by atoms with van der Waals surface area (Å²) in [5.74, 6) is -0.117. The first-order chi connectivity index (χ1) is 9.95. The number of rotatable bonds is 4. The van der Waals surface area contributed by atoms with Crippen molar-refractivity contribution in [1.29, 1.82) is 0 Å². The first kappa shape index (κ1) is 16.1. The van der Waals surface area contributed by atoms with E-state index in [2.05, 4.69) is 27.9 Å². The maximum Gasteiger partial charge on any atom is 0.241 e. The summed E-state index contributed by atoms with van der Waals surface area (Å²) in [6.07, 6.45) is 0.383. The summed E-state index contributed by atoms with van der Waals surface area (Å²) in [6, 6.07) is 11.3. The third-order valence-electron chi connectivity index (χ3n) is 2.92. The first-order valence-electron chi connectivity index (χ1n) is 6.25. The summed E-state index contributed by atoms with van der Waals surface area (Å²) >= 11 is 8.21. The average Bonchev–Trinajstić information content (AvgIpc) is 2.44. The number of hydrogen-bond acceptors (Lipinski definition) is 3. The highest BCUT2D eigenvalue weighted by atomic mass is 127. The highest BCUT2D eigenvalue weighted by molar-refractivity contribution is 14.1. The Bertz CT molecular complexity index is 647. The smallest absolute Gasteiger partial charge is 0.241 e. The number of carbonyl (C=O) groups excluding carboxylic acids is 1. The van der Waals surface area contributed by atoms with Crippen LogP contribution in [0.1, 0.15) is 5.56 Å². The summed E-state index contributed by atoms with van der Waals surface area (Å²) in [4.78, 5) is 12.1. The van der Waals surface area contributed by atoms with Crippen molar-refractivity contribution in [2.24, 2.45) is 5.73 Å². The summed E-state index contributed by atoms with van der Waals surface area (Å²) in [5.41, 5.74) is 7.32. The molecule has 4 nitrogen and oxygen atoms in total. The molecule has 2 rings (SSSR count). The Balaban J connectivity index is 2.00. The number of amides is 1. The summed E-state index contributed by atoms with van der Waals surface area (Å²) < 4.78 is 0.990. The molecular weight excluding hydrogens is 403 g/mol. The quantitative estimate of drug-likeness (QED) is 0.670. The van der Waals surface area contributed by atoms with E-state index in [4.69, 9.17) is 17.3 Å². The van der Waals surface area contributed by atoms with Crippen LogP contribution in [0.4, 0.5) is 5.69 Å². The molecule has 1 atom stereocenters. The molecule has 2 aromatic rings. The fraction of sp³-hybridized carbons (Fsp3) is 0.133. The third kappa shape index (κ3) is 4.59. The molecule has 21 heavy (non-hydrogen) atoms. The summed E-state index contributed by atoms with van der Waals surface area (Å²) in [7, 11) is 0. The van der Waals surface area contributed by atoms with Gasteiger partial charge < -0.3 is 16.2 Å². The molecule has 2 aromatic carbocycles. The van der Waals surface area contributed by atoms with Crippen LogP contribution in [0.5, 0.6) is 5.75 Å². The minimum atomic E-state index is -0.690. The number of aromatic hydroxyl groups is 1. The van der Waals surface area contributed by atoms with Crippen molar-refractivity contribution < 1.29 is 9.90 Å². The molecule has 0 aliphatic heterocycles. The fourth-order valence-electron chi connectivity index (χ4n) is 1.79. The van der Waals surface area contributed by atoms with Crippen LogP contribution in [-0.2, 0) is 11.2 Å². The fourth-order valence-corrected chi connectivity index (χ4v) is 2.70. The third-order valence-corrected chi connectivity index (χ3v) is 3.90. The number of phenolic OH excluding ortho intramolecular Hbond substituents is 1. The predicted octanol–water partition coefficient (Wildman–Crippen LogP) is 3.16. The van der Waals surface area contributed by atoms with Crippen LogP contribution >= 0.6 is 34.2 Å². The Morgan fingerprint density at radius 3 is 2.57 bits per heavy atom. The Morgan fingerprint density at radius 1 is 1.29 bits per heavy atom. The van der Waals surface area contributed by atoms with Gasteiger partial charge >= 0.3 is 0 Å². The van der Waals surface area contributed by atoms with E-state index in [0.717, 1.165) is 9.13 Å². The SMILES string of the molecule is NC(Cc1ccc(O)cc1)C(=O)Nc1ccc(I)cc1Cl. The molecule has 0 bridgehead atoms. The van der Waals surface area contributed by atoms with Gasteiger partial charge in [-0.1, -0.05) is 23.7 Å². The number of carbonyl (C=O) groups is 1. The lowest BCUT2D eigenvalue weighted by atomic mass is 10.1. The largest absolute Gasteiger partial charge is 0.508 e. The molecule has 4 N–H and O–H groups in total. The normalized spacial score (nSPS) is 12.0. The van der Waals surface area contributed by atoms with Gasteiger partial charge in [-0.2, -0.15) is 0 Å². The Morgan fingerprint density at radius 2 is 1.95 bits per heavy atom. The van der Waals surface area contributed by atoms with E-state index in [0.29, 0.717) is 17.1 Å². The zero-order valence-corrected chi connectivity index (χ0v) is 13.9. The van der Waals surface area contributed by atoms with Crippen molar-refractivity contribution in [3.05, 3.63) is 56.6 Å². The van der Waals surface area contributed by atoms with Gasteiger partial charge in [0.25, 0.3) is 0 Å². The van der Waals surface area contributed by atoms with Crippen molar-refractivity contribution >= 4 is 45.8 Å². The Labute approximate surface area is 141 Å². The molecule has 1 amide bonds. The lowest BCUT2D eigenvalue weighted by Crippen LogP contribution is -2.37. The number of hydrogen-bond donors (Lipinski definition) is 3. The second-order valence-electron chi connectivity index (χ2n) is 4.59. The maximum absolute atomic E-state index is 12.1. The first-order valence-corrected chi connectivity index (χ1v) is 7.71. The van der Waals surface area contributed by atoms with Crippen molar-refractivity contribution in [2.75, 3.05) is 5.32 Å². The van der Waals surface area contributed by atoms with Gasteiger partial charge in [0, 0.05) is 3.57 Å². The van der Waals surface area contributed by atoms with Crippen LogP contribution in [0.3, 0.4) is 0 Å². The average molecular weight is 417 g/mol. The van der Waals surface area contributed by atoms with E-state index in [9.17, 15) is 9.90 Å². The molecule has 0 heterocycles. The predicted molar refractivity (Wildman–Crippen MR) is 92.6 cm³/mol. The van der Waals surface area contributed by atoms with Gasteiger partial charge in [-0.05, 0) is 64.9 Å². The molecule has 0 aliphatic carbocycles. The number of phenols is 1. The van der Waals surface area contributed by atoms with E-state index in [1.807, 2.05) is 6.07 Å². The van der Waals surface area contributed by atoms with Crippen molar-refractivity contribution in [3.8, 4) is 5.75 Å². The topological polar surface area (TPSA) is 75.3 Å². The lowest BCUT2D eigenvalue weighted by Gasteiger charge is -2.13. The van der Waals surface area contributed by atoms with Gasteiger partial charge in [0.2, 0.25) is 5.91 Å².